The number of hydrogen-bond acceptors (Lipinski definition) is 2. The standard InChI is InChI=1S/C9H18NO2/c1-5-6-7-10-8(11)12-9(2,3)4/h5H,6-7H2,1-4H3,(H,10,11). The Bertz CT molecular complexity index is 138. The van der Waals surface area contributed by atoms with Crippen molar-refractivity contribution in [3.8, 4) is 0 Å². The lowest BCUT2D eigenvalue weighted by Crippen LogP contribution is -2.32. The molecule has 0 spiro atoms. The molecule has 0 heterocycles. The van der Waals surface area contributed by atoms with Crippen LogP contribution in [0.1, 0.15) is 34.1 Å². The van der Waals surface area contributed by atoms with Gasteiger partial charge >= 0.3 is 6.09 Å². The molecule has 12 heavy (non-hydrogen) atoms. The van der Waals surface area contributed by atoms with Gasteiger partial charge in [-0.3, -0.25) is 0 Å². The quantitative estimate of drug-likeness (QED) is 0.662. The second kappa shape index (κ2) is 5.01. The van der Waals surface area contributed by atoms with Gasteiger partial charge in [0.05, 0.1) is 0 Å². The lowest BCUT2D eigenvalue weighted by molar-refractivity contribution is 0.0528. The third-order valence-electron chi connectivity index (χ3n) is 1.10. The maximum atomic E-state index is 11.0. The van der Waals surface area contributed by atoms with E-state index in [-0.39, 0.29) is 6.09 Å². The SMILES string of the molecule is C[CH]CCNC(=O)OC(C)(C)C. The average Bonchev–Trinajstić information content (AvgIpc) is 1.84. The van der Waals surface area contributed by atoms with Crippen molar-refractivity contribution in [1.82, 2.24) is 5.32 Å². The van der Waals surface area contributed by atoms with E-state index in [0.29, 0.717) is 6.54 Å². The first kappa shape index (κ1) is 11.3. The van der Waals surface area contributed by atoms with Crippen LogP contribution in [0.5, 0.6) is 0 Å². The summed E-state index contributed by atoms with van der Waals surface area (Å²) >= 11 is 0. The van der Waals surface area contributed by atoms with Crippen molar-refractivity contribution in [2.45, 2.75) is 39.7 Å². The number of alkyl carbamates (subject to hydrolysis) is 1. The normalized spacial score (nSPS) is 11.0. The molecule has 3 heteroatoms. The van der Waals surface area contributed by atoms with Gasteiger partial charge in [0.1, 0.15) is 5.60 Å². The maximum Gasteiger partial charge on any atom is 0.407 e. The summed E-state index contributed by atoms with van der Waals surface area (Å²) in [6, 6.07) is 0. The smallest absolute Gasteiger partial charge is 0.407 e. The van der Waals surface area contributed by atoms with E-state index in [1.165, 1.54) is 0 Å². The van der Waals surface area contributed by atoms with E-state index in [1.807, 2.05) is 34.1 Å². The number of amides is 1. The maximum absolute atomic E-state index is 11.0. The Hall–Kier alpha value is -0.730. The Morgan fingerprint density at radius 1 is 1.50 bits per heavy atom. The lowest BCUT2D eigenvalue weighted by atomic mass is 10.2. The summed E-state index contributed by atoms with van der Waals surface area (Å²) in [5.41, 5.74) is -0.403. The number of hydrogen-bond donors (Lipinski definition) is 1. The van der Waals surface area contributed by atoms with Gasteiger partial charge in [-0.25, -0.2) is 4.79 Å². The Morgan fingerprint density at radius 3 is 2.50 bits per heavy atom. The van der Waals surface area contributed by atoms with Gasteiger partial charge < -0.3 is 10.1 Å². The first-order valence-electron chi connectivity index (χ1n) is 4.20. The van der Waals surface area contributed by atoms with E-state index in [2.05, 4.69) is 5.32 Å². The molecule has 0 bridgehead atoms. The third-order valence-corrected chi connectivity index (χ3v) is 1.10. The van der Waals surface area contributed by atoms with E-state index >= 15 is 0 Å². The van der Waals surface area contributed by atoms with Crippen LogP contribution in [0.25, 0.3) is 0 Å². The Labute approximate surface area is 74.5 Å². The average molecular weight is 172 g/mol. The fourth-order valence-electron chi connectivity index (χ4n) is 0.633. The number of carbonyl (C=O) groups excluding carboxylic acids is 1. The first-order valence-corrected chi connectivity index (χ1v) is 4.20. The summed E-state index contributed by atoms with van der Waals surface area (Å²) in [6.07, 6.45) is 2.53. The molecule has 0 aromatic heterocycles. The Kier molecular flexibility index (Phi) is 4.71. The summed E-state index contributed by atoms with van der Waals surface area (Å²) in [4.78, 5) is 11.0. The van der Waals surface area contributed by atoms with Crippen LogP contribution in [-0.4, -0.2) is 18.2 Å². The summed E-state index contributed by atoms with van der Waals surface area (Å²) in [7, 11) is 0. The lowest BCUT2D eigenvalue weighted by Gasteiger charge is -2.19. The topological polar surface area (TPSA) is 38.3 Å². The third kappa shape index (κ3) is 7.38. The predicted molar refractivity (Wildman–Crippen MR) is 48.8 cm³/mol. The molecular weight excluding hydrogens is 154 g/mol. The highest BCUT2D eigenvalue weighted by molar-refractivity contribution is 5.67. The van der Waals surface area contributed by atoms with Gasteiger partial charge in [-0.1, -0.05) is 6.92 Å². The van der Waals surface area contributed by atoms with Crippen LogP contribution in [-0.2, 0) is 4.74 Å². The molecular formula is C9H18NO2. The molecule has 0 aliphatic carbocycles. The number of nitrogens with one attached hydrogen (secondary N) is 1. The van der Waals surface area contributed by atoms with Crippen molar-refractivity contribution in [3.63, 3.8) is 0 Å². The van der Waals surface area contributed by atoms with Crippen LogP contribution in [0.4, 0.5) is 4.79 Å². The van der Waals surface area contributed by atoms with E-state index in [9.17, 15) is 4.79 Å². The molecule has 0 saturated carbocycles. The fraction of sp³-hybridized carbons (Fsp3) is 0.778. The Morgan fingerprint density at radius 2 is 2.08 bits per heavy atom. The molecule has 1 N–H and O–H groups in total. The van der Waals surface area contributed by atoms with Crippen molar-refractivity contribution < 1.29 is 9.53 Å². The highest BCUT2D eigenvalue weighted by atomic mass is 16.6. The van der Waals surface area contributed by atoms with Gasteiger partial charge in [-0.15, -0.1) is 0 Å². The zero-order valence-electron chi connectivity index (χ0n) is 8.31. The molecule has 1 amide bonds. The van der Waals surface area contributed by atoms with Gasteiger partial charge in [-0.05, 0) is 33.6 Å². The van der Waals surface area contributed by atoms with Gasteiger partial charge in [-0.2, -0.15) is 0 Å². The molecule has 0 aliphatic rings. The minimum Gasteiger partial charge on any atom is -0.444 e. The second-order valence-electron chi connectivity index (χ2n) is 3.63. The minimum absolute atomic E-state index is 0.343. The van der Waals surface area contributed by atoms with Crippen LogP contribution in [0.2, 0.25) is 0 Å². The molecule has 71 valence electrons. The summed E-state index contributed by atoms with van der Waals surface area (Å²) in [5.74, 6) is 0. The molecule has 0 rings (SSSR count). The van der Waals surface area contributed by atoms with Gasteiger partial charge in [0, 0.05) is 6.54 Å². The zero-order chi connectivity index (χ0) is 9.61. The molecule has 1 radical (unpaired) electrons. The van der Waals surface area contributed by atoms with Crippen molar-refractivity contribution in [2.75, 3.05) is 6.54 Å². The van der Waals surface area contributed by atoms with Crippen LogP contribution in [0.3, 0.4) is 0 Å². The second-order valence-corrected chi connectivity index (χ2v) is 3.63. The molecule has 3 nitrogen and oxygen atoms in total. The van der Waals surface area contributed by atoms with Crippen LogP contribution >= 0.6 is 0 Å². The molecule has 0 saturated heterocycles. The van der Waals surface area contributed by atoms with E-state index in [4.69, 9.17) is 4.74 Å². The molecule has 0 atom stereocenters. The van der Waals surface area contributed by atoms with Gasteiger partial charge in [0.25, 0.3) is 0 Å². The van der Waals surface area contributed by atoms with E-state index < -0.39 is 5.60 Å². The van der Waals surface area contributed by atoms with Crippen LogP contribution in [0, 0.1) is 6.42 Å². The Balaban J connectivity index is 3.47. The van der Waals surface area contributed by atoms with Crippen LogP contribution < -0.4 is 5.32 Å². The molecule has 0 aromatic carbocycles. The minimum atomic E-state index is -0.403. The molecule has 0 aromatic rings. The van der Waals surface area contributed by atoms with Crippen molar-refractivity contribution in [1.29, 1.82) is 0 Å². The summed E-state index contributed by atoms with van der Waals surface area (Å²) in [6.45, 7) is 8.14. The number of carbonyl (C=O) groups is 1. The number of rotatable bonds is 3. The number of unbranched alkanes of at least 4 members (excludes halogenated alkanes) is 1. The summed E-state index contributed by atoms with van der Waals surface area (Å²) in [5, 5.41) is 2.65. The van der Waals surface area contributed by atoms with E-state index in [1.54, 1.807) is 0 Å². The van der Waals surface area contributed by atoms with E-state index in [0.717, 1.165) is 6.42 Å². The monoisotopic (exact) mass is 172 g/mol. The van der Waals surface area contributed by atoms with Crippen molar-refractivity contribution >= 4 is 6.09 Å². The van der Waals surface area contributed by atoms with Gasteiger partial charge in [0.2, 0.25) is 0 Å². The molecule has 0 fully saturated rings. The fourth-order valence-corrected chi connectivity index (χ4v) is 0.633. The predicted octanol–water partition coefficient (Wildman–Crippen LogP) is 2.13. The zero-order valence-corrected chi connectivity index (χ0v) is 8.31. The van der Waals surface area contributed by atoms with Crippen molar-refractivity contribution in [2.24, 2.45) is 0 Å². The molecule has 0 aliphatic heterocycles. The highest BCUT2D eigenvalue weighted by Crippen LogP contribution is 2.06. The van der Waals surface area contributed by atoms with Crippen molar-refractivity contribution in [3.05, 3.63) is 6.42 Å². The largest absolute Gasteiger partial charge is 0.444 e. The number of ether oxygens (including phenoxy) is 1. The van der Waals surface area contributed by atoms with Gasteiger partial charge in [0.15, 0.2) is 0 Å². The van der Waals surface area contributed by atoms with Crippen LogP contribution in [0.15, 0.2) is 0 Å². The first-order chi connectivity index (χ1) is 5.45. The highest BCUT2D eigenvalue weighted by Gasteiger charge is 2.14. The summed E-state index contributed by atoms with van der Waals surface area (Å²) < 4.78 is 5.02. The molecule has 0 unspecified atom stereocenters.